The molecule has 4 nitrogen and oxygen atoms in total. The van der Waals surface area contributed by atoms with Gasteiger partial charge in [0.25, 0.3) is 0 Å². The summed E-state index contributed by atoms with van der Waals surface area (Å²) < 4.78 is 5.94. The van der Waals surface area contributed by atoms with Gasteiger partial charge >= 0.3 is 0 Å². The lowest BCUT2D eigenvalue weighted by molar-refractivity contribution is -0.137. The Morgan fingerprint density at radius 1 is 1.06 bits per heavy atom. The maximum Gasteiger partial charge on any atom is 0.233 e. The second-order valence-corrected chi connectivity index (χ2v) is 9.11. The highest BCUT2D eigenvalue weighted by molar-refractivity contribution is 5.88. The molecule has 1 saturated carbocycles. The molecule has 0 bridgehead atoms. The highest BCUT2D eigenvalue weighted by atomic mass is 16.5. The van der Waals surface area contributed by atoms with Crippen molar-refractivity contribution >= 4 is 16.7 Å². The second kappa shape index (κ2) is 8.80. The summed E-state index contributed by atoms with van der Waals surface area (Å²) in [7, 11) is 0. The van der Waals surface area contributed by atoms with Crippen LogP contribution in [-0.4, -0.2) is 42.1 Å². The van der Waals surface area contributed by atoms with E-state index in [4.69, 9.17) is 4.74 Å². The Hall–Kier alpha value is -2.72. The quantitative estimate of drug-likeness (QED) is 0.618. The van der Waals surface area contributed by atoms with Gasteiger partial charge in [-0.25, -0.2) is 0 Å². The number of carbonyl (C=O) groups excluding carboxylic acids is 1. The van der Waals surface area contributed by atoms with Gasteiger partial charge in [0.2, 0.25) is 5.91 Å². The average molecular weight is 415 g/mol. The fourth-order valence-electron chi connectivity index (χ4n) is 5.45. The number of hydrogen-bond donors (Lipinski definition) is 0. The van der Waals surface area contributed by atoms with E-state index in [1.54, 1.807) is 0 Å². The van der Waals surface area contributed by atoms with Gasteiger partial charge in [-0.3, -0.25) is 9.78 Å². The number of ether oxygens (including phenoxy) is 1. The van der Waals surface area contributed by atoms with Crippen molar-refractivity contribution in [2.45, 2.75) is 37.5 Å². The van der Waals surface area contributed by atoms with Crippen LogP contribution in [0.5, 0.6) is 0 Å². The molecule has 160 valence electrons. The number of fused-ring (bicyclic) bond motifs is 1. The van der Waals surface area contributed by atoms with E-state index in [2.05, 4.69) is 58.4 Å². The van der Waals surface area contributed by atoms with Crippen molar-refractivity contribution in [3.63, 3.8) is 0 Å². The smallest absolute Gasteiger partial charge is 0.233 e. The molecule has 3 aromatic rings. The first-order valence-electron chi connectivity index (χ1n) is 11.5. The predicted octanol–water partition coefficient (Wildman–Crippen LogP) is 4.76. The van der Waals surface area contributed by atoms with Crippen LogP contribution in [0.1, 0.15) is 36.8 Å². The van der Waals surface area contributed by atoms with Crippen molar-refractivity contribution in [3.05, 3.63) is 78.1 Å². The summed E-state index contributed by atoms with van der Waals surface area (Å²) in [5.74, 6) is 0.608. The minimum absolute atomic E-state index is 0.302. The molecule has 31 heavy (non-hydrogen) atoms. The zero-order chi connectivity index (χ0) is 21.1. The van der Waals surface area contributed by atoms with E-state index in [1.807, 2.05) is 18.5 Å². The average Bonchev–Trinajstić information content (AvgIpc) is 3.21. The first-order chi connectivity index (χ1) is 15.2. The number of amides is 1. The van der Waals surface area contributed by atoms with E-state index < -0.39 is 0 Å². The largest absolute Gasteiger partial charge is 0.379 e. The maximum atomic E-state index is 13.9. The zero-order valence-corrected chi connectivity index (χ0v) is 18.0. The van der Waals surface area contributed by atoms with E-state index in [-0.39, 0.29) is 5.41 Å². The molecule has 0 unspecified atom stereocenters. The number of aromatic nitrogens is 1. The van der Waals surface area contributed by atoms with Gasteiger partial charge in [0, 0.05) is 36.8 Å². The molecule has 1 aliphatic carbocycles. The van der Waals surface area contributed by atoms with Crippen LogP contribution >= 0.6 is 0 Å². The monoisotopic (exact) mass is 414 g/mol. The summed E-state index contributed by atoms with van der Waals surface area (Å²) in [5.41, 5.74) is 2.12. The number of rotatable bonds is 4. The molecule has 2 aromatic carbocycles. The fourth-order valence-corrected chi connectivity index (χ4v) is 5.45. The lowest BCUT2D eigenvalue weighted by Crippen LogP contribution is -2.47. The molecule has 1 saturated heterocycles. The topological polar surface area (TPSA) is 42.4 Å². The number of pyridine rings is 1. The molecule has 1 aromatic heterocycles. The van der Waals surface area contributed by atoms with E-state index >= 15 is 0 Å². The van der Waals surface area contributed by atoms with Crippen LogP contribution in [0.15, 0.2) is 67.0 Å². The van der Waals surface area contributed by atoms with Crippen molar-refractivity contribution in [1.29, 1.82) is 0 Å². The summed E-state index contributed by atoms with van der Waals surface area (Å²) in [6.45, 7) is 2.78. The van der Waals surface area contributed by atoms with Crippen molar-refractivity contribution < 1.29 is 9.53 Å². The van der Waals surface area contributed by atoms with Crippen molar-refractivity contribution in [3.8, 4) is 0 Å². The fraction of sp³-hybridized carbons (Fsp3) is 0.407. The van der Waals surface area contributed by atoms with Gasteiger partial charge in [-0.05, 0) is 41.8 Å². The second-order valence-electron chi connectivity index (χ2n) is 9.11. The van der Waals surface area contributed by atoms with Crippen LogP contribution in [0.3, 0.4) is 0 Å². The third kappa shape index (κ3) is 4.09. The van der Waals surface area contributed by atoms with Crippen LogP contribution in [0.4, 0.5) is 0 Å². The van der Waals surface area contributed by atoms with Crippen LogP contribution in [0, 0.1) is 5.92 Å². The first kappa shape index (κ1) is 20.2. The van der Waals surface area contributed by atoms with E-state index in [0.29, 0.717) is 31.6 Å². The van der Waals surface area contributed by atoms with Crippen molar-refractivity contribution in [2.24, 2.45) is 5.92 Å². The molecule has 0 N–H and O–H groups in total. The molecular weight excluding hydrogens is 384 g/mol. The summed E-state index contributed by atoms with van der Waals surface area (Å²) in [5, 5.41) is 2.37. The summed E-state index contributed by atoms with van der Waals surface area (Å²) >= 11 is 0. The Bertz CT molecular complexity index is 1040. The lowest BCUT2D eigenvalue weighted by atomic mass is 9.77. The normalized spacial score (nSPS) is 21.2. The van der Waals surface area contributed by atoms with Gasteiger partial charge in [-0.15, -0.1) is 0 Å². The maximum absolute atomic E-state index is 13.9. The lowest BCUT2D eigenvalue weighted by Gasteiger charge is -2.35. The Balaban J connectivity index is 1.36. The molecule has 5 rings (SSSR count). The molecule has 2 aliphatic rings. The minimum atomic E-state index is -0.355. The SMILES string of the molecule is O=C(N1CCOC[C@H](Cc2ccc3cnccc3c2)C1)C1(c2ccccc2)CCCC1. The molecular formula is C27H30N2O2. The summed E-state index contributed by atoms with van der Waals surface area (Å²) in [4.78, 5) is 20.2. The van der Waals surface area contributed by atoms with Crippen LogP contribution in [0.2, 0.25) is 0 Å². The number of carbonyl (C=O) groups is 1. The van der Waals surface area contributed by atoms with Crippen LogP contribution in [0.25, 0.3) is 10.8 Å². The van der Waals surface area contributed by atoms with Crippen LogP contribution in [-0.2, 0) is 21.4 Å². The molecule has 1 amide bonds. The third-order valence-electron chi connectivity index (χ3n) is 7.05. The Morgan fingerprint density at radius 2 is 1.90 bits per heavy atom. The van der Waals surface area contributed by atoms with Crippen LogP contribution < -0.4 is 0 Å². The third-order valence-corrected chi connectivity index (χ3v) is 7.05. The molecule has 1 aliphatic heterocycles. The van der Waals surface area contributed by atoms with Gasteiger partial charge in [0.15, 0.2) is 0 Å². The van der Waals surface area contributed by atoms with E-state index in [9.17, 15) is 4.79 Å². The standard InChI is InChI=1S/C27H30N2O2/c30-26(27(11-4-5-12-27)25-6-2-1-3-7-25)29-14-15-31-20-22(19-29)16-21-8-9-24-18-28-13-10-23(24)17-21/h1-3,6-10,13,17-18,22H,4-5,11-12,14-16,19-20H2/t22-/m1/s1. The molecule has 1 atom stereocenters. The van der Waals surface area contributed by atoms with Crippen molar-refractivity contribution in [2.75, 3.05) is 26.3 Å². The van der Waals surface area contributed by atoms with Gasteiger partial charge < -0.3 is 9.64 Å². The molecule has 4 heteroatoms. The Labute approximate surface area is 184 Å². The van der Waals surface area contributed by atoms with Gasteiger partial charge in [-0.1, -0.05) is 61.4 Å². The van der Waals surface area contributed by atoms with Gasteiger partial charge in [0.05, 0.1) is 18.6 Å². The van der Waals surface area contributed by atoms with E-state index in [0.717, 1.165) is 44.0 Å². The highest BCUT2D eigenvalue weighted by Crippen LogP contribution is 2.43. The summed E-state index contributed by atoms with van der Waals surface area (Å²) in [6, 6.07) is 19.1. The number of benzene rings is 2. The number of hydrogen-bond acceptors (Lipinski definition) is 3. The van der Waals surface area contributed by atoms with E-state index in [1.165, 1.54) is 16.5 Å². The zero-order valence-electron chi connectivity index (χ0n) is 18.0. The minimum Gasteiger partial charge on any atom is -0.379 e. The molecule has 0 radical (unpaired) electrons. The number of nitrogens with zero attached hydrogens (tertiary/aromatic N) is 2. The molecule has 2 heterocycles. The highest BCUT2D eigenvalue weighted by Gasteiger charge is 2.45. The van der Waals surface area contributed by atoms with Gasteiger partial charge in [-0.2, -0.15) is 0 Å². The summed E-state index contributed by atoms with van der Waals surface area (Å²) in [6.07, 6.45) is 8.82. The Kier molecular flexibility index (Phi) is 5.73. The first-order valence-corrected chi connectivity index (χ1v) is 11.5. The van der Waals surface area contributed by atoms with Crippen molar-refractivity contribution in [1.82, 2.24) is 9.88 Å². The molecule has 0 spiro atoms. The van der Waals surface area contributed by atoms with Gasteiger partial charge in [0.1, 0.15) is 0 Å². The predicted molar refractivity (Wildman–Crippen MR) is 123 cm³/mol. The molecule has 2 fully saturated rings. The Morgan fingerprint density at radius 3 is 2.74 bits per heavy atom.